The number of hydrogen-bond donors (Lipinski definition) is 1. The second-order valence-corrected chi connectivity index (χ2v) is 8.16. The molecule has 31 heavy (non-hydrogen) atoms. The first kappa shape index (κ1) is 20.3. The van der Waals surface area contributed by atoms with E-state index in [1.807, 2.05) is 24.3 Å². The Bertz CT molecular complexity index is 1180. The van der Waals surface area contributed by atoms with E-state index in [2.05, 4.69) is 48.4 Å². The van der Waals surface area contributed by atoms with Gasteiger partial charge >= 0.3 is 0 Å². The molecule has 0 aliphatic carbocycles. The molecular formula is C25H23N3O3. The van der Waals surface area contributed by atoms with Gasteiger partial charge in [0.05, 0.1) is 6.26 Å². The Morgan fingerprint density at radius 1 is 0.903 bits per heavy atom. The molecule has 6 heteroatoms. The molecule has 1 N–H and O–H groups in total. The Balaban J connectivity index is 1.43. The van der Waals surface area contributed by atoms with Crippen molar-refractivity contribution < 1.29 is 13.6 Å². The van der Waals surface area contributed by atoms with Gasteiger partial charge in [-0.15, -0.1) is 10.2 Å². The maximum absolute atomic E-state index is 12.0. The summed E-state index contributed by atoms with van der Waals surface area (Å²) < 4.78 is 11.0. The predicted octanol–water partition coefficient (Wildman–Crippen LogP) is 5.95. The van der Waals surface area contributed by atoms with Gasteiger partial charge < -0.3 is 14.2 Å². The van der Waals surface area contributed by atoms with E-state index in [9.17, 15) is 4.79 Å². The fraction of sp³-hybridized carbons (Fsp3) is 0.160. The summed E-state index contributed by atoms with van der Waals surface area (Å²) in [7, 11) is 0. The van der Waals surface area contributed by atoms with Crippen LogP contribution < -0.4 is 5.32 Å². The SMILES string of the molecule is CC(C)(C)c1ccc(-c2nnc(-c3ccc(NC(=O)/C=C/c4ccco4)cc3)o2)cc1. The number of anilines is 1. The van der Waals surface area contributed by atoms with Crippen molar-refractivity contribution >= 4 is 17.7 Å². The second kappa shape index (κ2) is 8.44. The Hall–Kier alpha value is -3.93. The molecule has 2 aromatic carbocycles. The summed E-state index contributed by atoms with van der Waals surface area (Å²) in [4.78, 5) is 12.0. The number of carbonyl (C=O) groups is 1. The van der Waals surface area contributed by atoms with Gasteiger partial charge in [0, 0.05) is 22.9 Å². The van der Waals surface area contributed by atoms with Crippen molar-refractivity contribution in [3.8, 4) is 22.9 Å². The topological polar surface area (TPSA) is 81.2 Å². The van der Waals surface area contributed by atoms with Crippen LogP contribution in [0, 0.1) is 0 Å². The Kier molecular flexibility index (Phi) is 5.54. The maximum Gasteiger partial charge on any atom is 0.248 e. The quantitative estimate of drug-likeness (QED) is 0.409. The predicted molar refractivity (Wildman–Crippen MR) is 120 cm³/mol. The lowest BCUT2D eigenvalue weighted by atomic mass is 9.87. The summed E-state index contributed by atoms with van der Waals surface area (Å²) in [5, 5.41) is 11.1. The van der Waals surface area contributed by atoms with Crippen LogP contribution in [0.5, 0.6) is 0 Å². The van der Waals surface area contributed by atoms with Crippen molar-refractivity contribution in [2.24, 2.45) is 0 Å². The third kappa shape index (κ3) is 4.98. The molecular weight excluding hydrogens is 390 g/mol. The van der Waals surface area contributed by atoms with Crippen LogP contribution in [-0.2, 0) is 10.2 Å². The average Bonchev–Trinajstić information content (AvgIpc) is 3.45. The van der Waals surface area contributed by atoms with Crippen LogP contribution in [-0.4, -0.2) is 16.1 Å². The highest BCUT2D eigenvalue weighted by atomic mass is 16.4. The molecule has 0 unspecified atom stereocenters. The van der Waals surface area contributed by atoms with Crippen molar-refractivity contribution in [2.75, 3.05) is 5.32 Å². The van der Waals surface area contributed by atoms with Crippen molar-refractivity contribution in [1.82, 2.24) is 10.2 Å². The van der Waals surface area contributed by atoms with Crippen molar-refractivity contribution in [2.45, 2.75) is 26.2 Å². The van der Waals surface area contributed by atoms with Gasteiger partial charge in [-0.25, -0.2) is 0 Å². The average molecular weight is 413 g/mol. The minimum Gasteiger partial charge on any atom is -0.465 e. The van der Waals surface area contributed by atoms with Crippen LogP contribution in [0.1, 0.15) is 32.1 Å². The number of nitrogens with zero attached hydrogens (tertiary/aromatic N) is 2. The van der Waals surface area contributed by atoms with E-state index in [1.165, 1.54) is 11.6 Å². The summed E-state index contributed by atoms with van der Waals surface area (Å²) in [5.41, 5.74) is 3.64. The van der Waals surface area contributed by atoms with Crippen LogP contribution in [0.4, 0.5) is 5.69 Å². The largest absolute Gasteiger partial charge is 0.465 e. The maximum atomic E-state index is 12.0. The van der Waals surface area contributed by atoms with Gasteiger partial charge in [0.2, 0.25) is 17.7 Å². The normalized spacial score (nSPS) is 11.7. The first-order chi connectivity index (χ1) is 14.9. The highest BCUT2D eigenvalue weighted by Gasteiger charge is 2.15. The van der Waals surface area contributed by atoms with E-state index < -0.39 is 0 Å². The minimum atomic E-state index is -0.247. The molecule has 0 fully saturated rings. The number of rotatable bonds is 5. The number of amides is 1. The molecule has 1 amide bonds. The van der Waals surface area contributed by atoms with Crippen LogP contribution in [0.3, 0.4) is 0 Å². The highest BCUT2D eigenvalue weighted by molar-refractivity contribution is 6.01. The molecule has 0 aliphatic heterocycles. The van der Waals surface area contributed by atoms with Gasteiger partial charge in [0.15, 0.2) is 0 Å². The molecule has 4 aromatic rings. The zero-order chi connectivity index (χ0) is 21.8. The summed E-state index contributed by atoms with van der Waals surface area (Å²) >= 11 is 0. The van der Waals surface area contributed by atoms with Crippen molar-refractivity contribution in [3.05, 3.63) is 84.3 Å². The molecule has 0 bridgehead atoms. The molecule has 0 atom stereocenters. The van der Waals surface area contributed by atoms with Crippen LogP contribution in [0.2, 0.25) is 0 Å². The third-order valence-corrected chi connectivity index (χ3v) is 4.76. The van der Waals surface area contributed by atoms with Crippen LogP contribution >= 0.6 is 0 Å². The zero-order valence-electron chi connectivity index (χ0n) is 17.6. The second-order valence-electron chi connectivity index (χ2n) is 8.16. The van der Waals surface area contributed by atoms with Crippen LogP contribution in [0.15, 0.2) is 81.8 Å². The molecule has 0 radical (unpaired) electrons. The molecule has 156 valence electrons. The van der Waals surface area contributed by atoms with Gasteiger partial charge in [-0.05, 0) is 65.6 Å². The lowest BCUT2D eigenvalue weighted by Gasteiger charge is -2.18. The van der Waals surface area contributed by atoms with E-state index >= 15 is 0 Å². The summed E-state index contributed by atoms with van der Waals surface area (Å²) in [6.07, 6.45) is 4.58. The summed E-state index contributed by atoms with van der Waals surface area (Å²) in [6.45, 7) is 6.52. The lowest BCUT2D eigenvalue weighted by molar-refractivity contribution is -0.111. The number of hydrogen-bond acceptors (Lipinski definition) is 5. The Labute approximate surface area is 180 Å². The molecule has 0 saturated heterocycles. The van der Waals surface area contributed by atoms with Crippen molar-refractivity contribution in [3.63, 3.8) is 0 Å². The van der Waals surface area contributed by atoms with Gasteiger partial charge in [-0.3, -0.25) is 4.79 Å². The van der Waals surface area contributed by atoms with Gasteiger partial charge in [-0.1, -0.05) is 32.9 Å². The Morgan fingerprint density at radius 2 is 1.52 bits per heavy atom. The molecule has 2 aromatic heterocycles. The first-order valence-electron chi connectivity index (χ1n) is 9.96. The number of furan rings is 1. The fourth-order valence-corrected chi connectivity index (χ4v) is 2.99. The van der Waals surface area contributed by atoms with E-state index in [1.54, 1.807) is 36.6 Å². The van der Waals surface area contributed by atoms with Gasteiger partial charge in [0.1, 0.15) is 5.76 Å². The van der Waals surface area contributed by atoms with Crippen LogP contribution in [0.25, 0.3) is 29.0 Å². The Morgan fingerprint density at radius 3 is 2.06 bits per heavy atom. The first-order valence-corrected chi connectivity index (χ1v) is 9.96. The number of carbonyl (C=O) groups excluding carboxylic acids is 1. The molecule has 0 spiro atoms. The highest BCUT2D eigenvalue weighted by Crippen LogP contribution is 2.28. The monoisotopic (exact) mass is 413 g/mol. The molecule has 0 saturated carbocycles. The number of aromatic nitrogens is 2. The zero-order valence-corrected chi connectivity index (χ0v) is 17.6. The smallest absolute Gasteiger partial charge is 0.248 e. The number of nitrogens with one attached hydrogen (secondary N) is 1. The standard InChI is InChI=1S/C25H23N3O3/c1-25(2,3)19-10-6-17(7-11-19)23-27-28-24(31-23)18-8-12-20(13-9-18)26-22(29)15-14-21-5-4-16-30-21/h4-16H,1-3H3,(H,26,29)/b15-14+. The van der Waals surface area contributed by atoms with E-state index in [0.29, 0.717) is 23.2 Å². The summed E-state index contributed by atoms with van der Waals surface area (Å²) in [5.74, 6) is 1.26. The van der Waals surface area contributed by atoms with Gasteiger partial charge in [0.25, 0.3) is 0 Å². The van der Waals surface area contributed by atoms with Crippen molar-refractivity contribution in [1.29, 1.82) is 0 Å². The lowest BCUT2D eigenvalue weighted by Crippen LogP contribution is -2.10. The van der Waals surface area contributed by atoms with E-state index in [-0.39, 0.29) is 11.3 Å². The minimum absolute atomic E-state index is 0.0876. The molecule has 0 aliphatic rings. The fourth-order valence-electron chi connectivity index (χ4n) is 2.99. The van der Waals surface area contributed by atoms with Gasteiger partial charge in [-0.2, -0.15) is 0 Å². The number of benzene rings is 2. The van der Waals surface area contributed by atoms with E-state index in [0.717, 1.165) is 11.1 Å². The van der Waals surface area contributed by atoms with E-state index in [4.69, 9.17) is 8.83 Å². The summed E-state index contributed by atoms with van der Waals surface area (Å²) in [6, 6.07) is 18.9. The third-order valence-electron chi connectivity index (χ3n) is 4.76. The molecule has 6 nitrogen and oxygen atoms in total. The molecule has 4 rings (SSSR count). The molecule has 2 heterocycles.